The van der Waals surface area contributed by atoms with Crippen LogP contribution in [-0.4, -0.2) is 39.3 Å². The molecule has 94 valence electrons. The van der Waals surface area contributed by atoms with E-state index in [9.17, 15) is 8.42 Å². The zero-order valence-corrected chi connectivity index (χ0v) is 11.4. The molecule has 1 unspecified atom stereocenters. The number of ether oxygens (including phenoxy) is 1. The van der Waals surface area contributed by atoms with Gasteiger partial charge >= 0.3 is 0 Å². The third-order valence-electron chi connectivity index (χ3n) is 2.53. The van der Waals surface area contributed by atoms with Crippen molar-refractivity contribution < 1.29 is 13.2 Å². The summed E-state index contributed by atoms with van der Waals surface area (Å²) in [4.78, 5) is 0. The van der Waals surface area contributed by atoms with E-state index in [-0.39, 0.29) is 0 Å². The van der Waals surface area contributed by atoms with Crippen LogP contribution in [0.5, 0.6) is 5.75 Å². The van der Waals surface area contributed by atoms with Gasteiger partial charge in [0.05, 0.1) is 19.1 Å². The lowest BCUT2D eigenvalue weighted by Gasteiger charge is -2.22. The van der Waals surface area contributed by atoms with Crippen molar-refractivity contribution in [2.45, 2.75) is 5.25 Å². The number of hydrogen-bond acceptors (Lipinski definition) is 4. The summed E-state index contributed by atoms with van der Waals surface area (Å²) in [5.74, 6) is 1.77. The Morgan fingerprint density at radius 2 is 2.00 bits per heavy atom. The lowest BCUT2D eigenvalue weighted by atomic mass is 10.3. The summed E-state index contributed by atoms with van der Waals surface area (Å²) in [6.07, 6.45) is 1.24. The molecule has 0 N–H and O–H groups in total. The first kappa shape index (κ1) is 12.6. The van der Waals surface area contributed by atoms with Crippen LogP contribution in [0.15, 0.2) is 24.3 Å². The van der Waals surface area contributed by atoms with E-state index in [0.717, 1.165) is 11.5 Å². The normalized spacial score (nSPS) is 18.8. The van der Waals surface area contributed by atoms with Crippen LogP contribution in [0.1, 0.15) is 0 Å². The third-order valence-corrected chi connectivity index (χ3v) is 4.65. The number of nitrogens with zero attached hydrogens (tertiary/aromatic N) is 1. The molecule has 0 bridgehead atoms. The Labute approximate surface area is 106 Å². The molecule has 2 rings (SSSR count). The number of rotatable bonds is 5. The average Bonchev–Trinajstić information content (AvgIpc) is 3.08. The van der Waals surface area contributed by atoms with Crippen LogP contribution in [0.25, 0.3) is 0 Å². The van der Waals surface area contributed by atoms with Crippen molar-refractivity contribution in [1.29, 1.82) is 0 Å². The molecule has 0 amide bonds. The van der Waals surface area contributed by atoms with Crippen molar-refractivity contribution in [3.8, 4) is 5.75 Å². The van der Waals surface area contributed by atoms with Gasteiger partial charge in [0.1, 0.15) is 5.75 Å². The highest BCUT2D eigenvalue weighted by Gasteiger charge is 2.29. The van der Waals surface area contributed by atoms with Crippen LogP contribution in [0.4, 0.5) is 5.69 Å². The first-order chi connectivity index (χ1) is 8.00. The number of benzene rings is 1. The molecular weight excluding hydrogens is 258 g/mol. The highest BCUT2D eigenvalue weighted by atomic mass is 32.2. The van der Waals surface area contributed by atoms with Crippen molar-refractivity contribution in [1.82, 2.24) is 0 Å². The second-order valence-corrected chi connectivity index (χ2v) is 7.19. The third kappa shape index (κ3) is 3.29. The Morgan fingerprint density at radius 1 is 1.41 bits per heavy atom. The number of thioether (sulfide) groups is 1. The molecule has 6 heteroatoms. The van der Waals surface area contributed by atoms with Gasteiger partial charge in [-0.25, -0.2) is 8.42 Å². The van der Waals surface area contributed by atoms with Crippen molar-refractivity contribution >= 4 is 27.5 Å². The van der Waals surface area contributed by atoms with Gasteiger partial charge in [-0.3, -0.25) is 4.31 Å². The van der Waals surface area contributed by atoms with E-state index in [4.69, 9.17) is 4.74 Å². The van der Waals surface area contributed by atoms with E-state index in [1.165, 1.54) is 10.6 Å². The predicted molar refractivity (Wildman–Crippen MR) is 71.4 cm³/mol. The molecule has 1 aromatic rings. The summed E-state index contributed by atoms with van der Waals surface area (Å²) in [6, 6.07) is 7.08. The molecular formula is C11H15NO3S2. The van der Waals surface area contributed by atoms with Crippen molar-refractivity contribution in [3.63, 3.8) is 0 Å². The van der Waals surface area contributed by atoms with E-state index < -0.39 is 10.0 Å². The number of anilines is 1. The van der Waals surface area contributed by atoms with Crippen LogP contribution in [0, 0.1) is 0 Å². The Bertz CT molecular complexity index is 480. The Kier molecular flexibility index (Phi) is 3.53. The van der Waals surface area contributed by atoms with Gasteiger partial charge in [0.15, 0.2) is 0 Å². The molecule has 1 aromatic carbocycles. The molecule has 1 fully saturated rings. The Hall–Kier alpha value is -0.880. The van der Waals surface area contributed by atoms with E-state index in [1.807, 2.05) is 0 Å². The molecule has 0 saturated carbocycles. The van der Waals surface area contributed by atoms with E-state index in [1.54, 1.807) is 43.1 Å². The van der Waals surface area contributed by atoms with Gasteiger partial charge in [-0.15, -0.1) is 0 Å². The van der Waals surface area contributed by atoms with Gasteiger partial charge < -0.3 is 4.74 Å². The summed E-state index contributed by atoms with van der Waals surface area (Å²) in [5, 5.41) is 0.437. The SMILES string of the molecule is COc1ccc(N(CC2CS2)S(C)(=O)=O)cc1. The molecule has 0 aromatic heterocycles. The molecule has 1 heterocycles. The highest BCUT2D eigenvalue weighted by Crippen LogP contribution is 2.33. The topological polar surface area (TPSA) is 46.6 Å². The second-order valence-electron chi connectivity index (χ2n) is 3.95. The summed E-state index contributed by atoms with van der Waals surface area (Å²) < 4.78 is 30.0. The van der Waals surface area contributed by atoms with Crippen molar-refractivity contribution in [2.75, 3.05) is 30.0 Å². The number of hydrogen-bond donors (Lipinski definition) is 0. The molecule has 1 aliphatic heterocycles. The molecule has 1 aliphatic rings. The maximum absolute atomic E-state index is 11.7. The molecule has 17 heavy (non-hydrogen) atoms. The fourth-order valence-electron chi connectivity index (χ4n) is 1.54. The van der Waals surface area contributed by atoms with Crippen molar-refractivity contribution in [2.24, 2.45) is 0 Å². The zero-order chi connectivity index (χ0) is 12.5. The number of methoxy groups -OCH3 is 1. The summed E-state index contributed by atoms with van der Waals surface area (Å²) in [6.45, 7) is 0.551. The van der Waals surface area contributed by atoms with Gasteiger partial charge in [-0.2, -0.15) is 11.8 Å². The van der Waals surface area contributed by atoms with Crippen LogP contribution >= 0.6 is 11.8 Å². The van der Waals surface area contributed by atoms with Gasteiger partial charge in [0.25, 0.3) is 0 Å². The maximum Gasteiger partial charge on any atom is 0.232 e. The van der Waals surface area contributed by atoms with Gasteiger partial charge in [-0.1, -0.05) is 0 Å². The average molecular weight is 273 g/mol. The molecule has 0 radical (unpaired) electrons. The summed E-state index contributed by atoms with van der Waals surface area (Å²) in [5.41, 5.74) is 0.695. The van der Waals surface area contributed by atoms with E-state index in [2.05, 4.69) is 0 Å². The van der Waals surface area contributed by atoms with Gasteiger partial charge in [0, 0.05) is 17.5 Å². The molecule has 1 saturated heterocycles. The minimum Gasteiger partial charge on any atom is -0.497 e. The molecule has 0 spiro atoms. The standard InChI is InChI=1S/C11H15NO3S2/c1-15-10-5-3-9(4-6-10)12(17(2,13)14)7-11-8-16-11/h3-6,11H,7-8H2,1-2H3. The quantitative estimate of drug-likeness (QED) is 0.764. The first-order valence-corrected chi connectivity index (χ1v) is 8.14. The van der Waals surface area contributed by atoms with Crippen molar-refractivity contribution in [3.05, 3.63) is 24.3 Å². The van der Waals surface area contributed by atoms with Gasteiger partial charge in [-0.05, 0) is 24.3 Å². The smallest absolute Gasteiger partial charge is 0.232 e. The molecule has 4 nitrogen and oxygen atoms in total. The molecule has 0 aliphatic carbocycles. The first-order valence-electron chi connectivity index (χ1n) is 5.24. The summed E-state index contributed by atoms with van der Waals surface area (Å²) >= 11 is 1.78. The zero-order valence-electron chi connectivity index (χ0n) is 9.79. The minimum absolute atomic E-state index is 0.437. The monoisotopic (exact) mass is 273 g/mol. The fourth-order valence-corrected chi connectivity index (χ4v) is 3.08. The van der Waals surface area contributed by atoms with E-state index >= 15 is 0 Å². The minimum atomic E-state index is -3.21. The Morgan fingerprint density at radius 3 is 2.41 bits per heavy atom. The van der Waals surface area contributed by atoms with Crippen LogP contribution in [0.2, 0.25) is 0 Å². The van der Waals surface area contributed by atoms with Crippen LogP contribution < -0.4 is 9.04 Å². The number of sulfonamides is 1. The predicted octanol–water partition coefficient (Wildman–Crippen LogP) is 1.58. The van der Waals surface area contributed by atoms with Gasteiger partial charge in [0.2, 0.25) is 10.0 Å². The fraction of sp³-hybridized carbons (Fsp3) is 0.455. The molecule has 1 atom stereocenters. The Balaban J connectivity index is 2.24. The van der Waals surface area contributed by atoms with E-state index in [0.29, 0.717) is 17.5 Å². The lowest BCUT2D eigenvalue weighted by molar-refractivity contribution is 0.415. The van der Waals surface area contributed by atoms with Crippen LogP contribution in [0.3, 0.4) is 0 Å². The van der Waals surface area contributed by atoms with Crippen LogP contribution in [-0.2, 0) is 10.0 Å². The highest BCUT2D eigenvalue weighted by molar-refractivity contribution is 8.07. The second kappa shape index (κ2) is 4.78. The summed E-state index contributed by atoms with van der Waals surface area (Å²) in [7, 11) is -1.63. The lowest BCUT2D eigenvalue weighted by Crippen LogP contribution is -2.33. The largest absolute Gasteiger partial charge is 0.497 e. The maximum atomic E-state index is 11.7.